The Morgan fingerprint density at radius 2 is 2.24 bits per heavy atom. The van der Waals surface area contributed by atoms with E-state index in [0.29, 0.717) is 23.3 Å². The molecule has 0 aliphatic rings. The highest BCUT2D eigenvalue weighted by molar-refractivity contribution is 9.10. The van der Waals surface area contributed by atoms with Gasteiger partial charge in [0, 0.05) is 6.54 Å². The summed E-state index contributed by atoms with van der Waals surface area (Å²) in [6, 6.07) is 3.33. The van der Waals surface area contributed by atoms with Gasteiger partial charge in [-0.15, -0.1) is 0 Å². The summed E-state index contributed by atoms with van der Waals surface area (Å²) < 4.78 is 4.46. The van der Waals surface area contributed by atoms with Gasteiger partial charge in [-0.3, -0.25) is 9.59 Å². The number of amides is 1. The molecule has 0 unspecified atom stereocenters. The van der Waals surface area contributed by atoms with Crippen LogP contribution in [0.1, 0.15) is 17.4 Å². The number of carbonyl (C=O) groups is 2. The topological polar surface area (TPSA) is 94.3 Å². The highest BCUT2D eigenvalue weighted by Gasteiger charge is 2.10. The fraction of sp³-hybridized carbons (Fsp3) is 0.300. The first-order chi connectivity index (χ1) is 8.06. The molecule has 1 rings (SSSR count). The summed E-state index contributed by atoms with van der Waals surface area (Å²) in [6.45, 7) is 2.78. The second-order valence-electron chi connectivity index (χ2n) is 2.76. The van der Waals surface area contributed by atoms with Crippen molar-refractivity contribution in [3.63, 3.8) is 0 Å². The average Bonchev–Trinajstić information content (AvgIpc) is 2.33. The molecule has 0 aliphatic carbocycles. The zero-order valence-corrected chi connectivity index (χ0v) is 11.2. The van der Waals surface area contributed by atoms with Gasteiger partial charge in [-0.1, -0.05) is 0 Å². The smallest absolute Gasteiger partial charge is 0.292 e. The third-order valence-corrected chi connectivity index (χ3v) is 1.98. The summed E-state index contributed by atoms with van der Waals surface area (Å²) in [6.07, 6.45) is 0. The second-order valence-corrected chi connectivity index (χ2v) is 3.58. The molecule has 0 aliphatic heterocycles. The number of nitrogens with two attached hydrogens (primary N) is 1. The summed E-state index contributed by atoms with van der Waals surface area (Å²) in [7, 11) is 1.31. The average molecular weight is 304 g/mol. The van der Waals surface area contributed by atoms with Crippen molar-refractivity contribution in [3.8, 4) is 0 Å². The van der Waals surface area contributed by atoms with Crippen LogP contribution in [0.25, 0.3) is 0 Å². The summed E-state index contributed by atoms with van der Waals surface area (Å²) in [5, 5.41) is 2.63. The third kappa shape index (κ3) is 5.86. The summed E-state index contributed by atoms with van der Waals surface area (Å²) in [5.74, 6) is -0.249. The number of aromatic nitrogens is 1. The molecule has 7 heteroatoms. The maximum Gasteiger partial charge on any atom is 0.292 e. The molecule has 0 bridgehead atoms. The molecule has 17 heavy (non-hydrogen) atoms. The maximum atomic E-state index is 11.3. The predicted octanol–water partition coefficient (Wildman–Crippen LogP) is 0.965. The number of methoxy groups -OCH3 is 1. The van der Waals surface area contributed by atoms with Crippen LogP contribution >= 0.6 is 15.9 Å². The number of nitrogen functional groups attached to an aromatic ring is 1. The molecular formula is C10H14BrN3O3. The summed E-state index contributed by atoms with van der Waals surface area (Å²) in [4.78, 5) is 24.3. The fourth-order valence-electron chi connectivity index (χ4n) is 0.872. The molecule has 0 radical (unpaired) electrons. The Labute approximate surface area is 108 Å². The van der Waals surface area contributed by atoms with Crippen LogP contribution in [-0.2, 0) is 9.53 Å². The number of rotatable bonds is 3. The summed E-state index contributed by atoms with van der Waals surface area (Å²) >= 11 is 3.17. The van der Waals surface area contributed by atoms with Gasteiger partial charge in [0.15, 0.2) is 5.69 Å². The van der Waals surface area contributed by atoms with Crippen LogP contribution < -0.4 is 11.1 Å². The van der Waals surface area contributed by atoms with Crippen molar-refractivity contribution in [3.05, 3.63) is 22.4 Å². The van der Waals surface area contributed by atoms with Crippen LogP contribution in [0.2, 0.25) is 0 Å². The van der Waals surface area contributed by atoms with Crippen LogP contribution in [0.15, 0.2) is 16.7 Å². The summed E-state index contributed by atoms with van der Waals surface area (Å²) in [5.41, 5.74) is 6.22. The van der Waals surface area contributed by atoms with E-state index in [2.05, 4.69) is 31.0 Å². The minimum atomic E-state index is -0.249. The Morgan fingerprint density at radius 1 is 1.65 bits per heavy atom. The molecule has 1 aromatic rings. The van der Waals surface area contributed by atoms with Crippen LogP contribution in [-0.4, -0.2) is 31.0 Å². The van der Waals surface area contributed by atoms with Gasteiger partial charge in [-0.2, -0.15) is 0 Å². The van der Waals surface area contributed by atoms with Gasteiger partial charge in [0.2, 0.25) is 0 Å². The van der Waals surface area contributed by atoms with E-state index in [-0.39, 0.29) is 11.6 Å². The lowest BCUT2D eigenvalue weighted by molar-refractivity contribution is -0.126. The maximum absolute atomic E-state index is 11.3. The van der Waals surface area contributed by atoms with Gasteiger partial charge in [-0.05, 0) is 35.0 Å². The number of nitrogens with one attached hydrogen (secondary N) is 1. The van der Waals surface area contributed by atoms with E-state index in [1.807, 2.05) is 6.92 Å². The quantitative estimate of drug-likeness (QED) is 0.641. The molecule has 0 spiro atoms. The molecule has 0 saturated heterocycles. The molecule has 0 aromatic carbocycles. The number of hydrogen-bond donors (Lipinski definition) is 2. The van der Waals surface area contributed by atoms with Crippen molar-refractivity contribution in [1.82, 2.24) is 10.3 Å². The lowest BCUT2D eigenvalue weighted by atomic mass is 10.3. The van der Waals surface area contributed by atoms with Crippen LogP contribution in [0.4, 0.5) is 5.69 Å². The number of ether oxygens (including phenoxy) is 1. The van der Waals surface area contributed by atoms with Gasteiger partial charge in [0.05, 0.1) is 12.8 Å². The number of nitrogens with zero attached hydrogens (tertiary/aromatic N) is 1. The van der Waals surface area contributed by atoms with Gasteiger partial charge in [0.1, 0.15) is 4.60 Å². The van der Waals surface area contributed by atoms with Crippen molar-refractivity contribution >= 4 is 34.0 Å². The lowest BCUT2D eigenvalue weighted by Gasteiger charge is -2.04. The van der Waals surface area contributed by atoms with Crippen molar-refractivity contribution < 1.29 is 14.3 Å². The van der Waals surface area contributed by atoms with Crippen molar-refractivity contribution in [2.75, 3.05) is 19.4 Å². The van der Waals surface area contributed by atoms with Crippen molar-refractivity contribution in [1.29, 1.82) is 0 Å². The Balaban J connectivity index is 0.000000557. The molecule has 0 atom stereocenters. The van der Waals surface area contributed by atoms with E-state index in [9.17, 15) is 4.79 Å². The molecule has 6 nitrogen and oxygen atoms in total. The molecule has 3 N–H and O–H groups in total. The lowest BCUT2D eigenvalue weighted by Crippen LogP contribution is -2.24. The van der Waals surface area contributed by atoms with Gasteiger partial charge >= 0.3 is 0 Å². The van der Waals surface area contributed by atoms with Gasteiger partial charge < -0.3 is 15.8 Å². The van der Waals surface area contributed by atoms with E-state index in [4.69, 9.17) is 10.5 Å². The molecule has 1 amide bonds. The van der Waals surface area contributed by atoms with E-state index < -0.39 is 0 Å². The fourth-order valence-corrected chi connectivity index (χ4v) is 1.18. The minimum Gasteiger partial charge on any atom is -0.471 e. The zero-order chi connectivity index (χ0) is 13.3. The van der Waals surface area contributed by atoms with Crippen molar-refractivity contribution in [2.24, 2.45) is 0 Å². The van der Waals surface area contributed by atoms with Crippen LogP contribution in [0, 0.1) is 0 Å². The zero-order valence-electron chi connectivity index (χ0n) is 9.57. The van der Waals surface area contributed by atoms with E-state index in [1.54, 1.807) is 12.1 Å². The first-order valence-electron chi connectivity index (χ1n) is 4.73. The predicted molar refractivity (Wildman–Crippen MR) is 67.4 cm³/mol. The normalized spacial score (nSPS) is 8.65. The van der Waals surface area contributed by atoms with Crippen LogP contribution in [0.5, 0.6) is 0 Å². The van der Waals surface area contributed by atoms with Gasteiger partial charge in [0.25, 0.3) is 12.4 Å². The number of halogens is 1. The Bertz CT molecular complexity index is 385. The standard InChI is InChI=1S/C8H10BrN3O.C2H4O2/c1-2-11-8(13)7-5(10)3-4-6(9)12-7;1-4-2-3/h3-4H,2,10H2,1H3,(H,11,13);2H,1H3. The number of hydrogen-bond acceptors (Lipinski definition) is 5. The molecule has 94 valence electrons. The first-order valence-corrected chi connectivity index (χ1v) is 5.52. The van der Waals surface area contributed by atoms with Crippen molar-refractivity contribution in [2.45, 2.75) is 6.92 Å². The minimum absolute atomic E-state index is 0.249. The Hall–Kier alpha value is -1.63. The van der Waals surface area contributed by atoms with Gasteiger partial charge in [-0.25, -0.2) is 4.98 Å². The second kappa shape index (κ2) is 8.51. The first kappa shape index (κ1) is 15.4. The highest BCUT2D eigenvalue weighted by atomic mass is 79.9. The monoisotopic (exact) mass is 303 g/mol. The molecular weight excluding hydrogens is 290 g/mol. The van der Waals surface area contributed by atoms with Crippen LogP contribution in [0.3, 0.4) is 0 Å². The number of pyridine rings is 1. The highest BCUT2D eigenvalue weighted by Crippen LogP contribution is 2.13. The molecule has 0 saturated carbocycles. The van der Waals surface area contributed by atoms with E-state index in [0.717, 1.165) is 0 Å². The SMILES string of the molecule is CCNC(=O)c1nc(Br)ccc1N.COC=O. The third-order valence-electron chi connectivity index (χ3n) is 1.54. The number of carbonyl (C=O) groups excluding carboxylic acids is 2. The molecule has 1 aromatic heterocycles. The Kier molecular flexibility index (Phi) is 7.70. The van der Waals surface area contributed by atoms with E-state index in [1.165, 1.54) is 7.11 Å². The Morgan fingerprint density at radius 3 is 2.71 bits per heavy atom. The largest absolute Gasteiger partial charge is 0.471 e. The number of anilines is 1. The molecule has 0 fully saturated rings. The van der Waals surface area contributed by atoms with E-state index >= 15 is 0 Å². The molecule has 1 heterocycles.